The van der Waals surface area contributed by atoms with Gasteiger partial charge in [0.2, 0.25) is 0 Å². The fraction of sp³-hybridized carbons (Fsp3) is 0.0400. The molecule has 0 aliphatic rings. The highest BCUT2D eigenvalue weighted by atomic mass is 16.5. The second-order valence-electron chi connectivity index (χ2n) is 6.48. The van der Waals surface area contributed by atoms with Gasteiger partial charge in [0, 0.05) is 6.20 Å². The molecule has 0 radical (unpaired) electrons. The maximum Gasteiger partial charge on any atom is 0.263 e. The van der Waals surface area contributed by atoms with Crippen LogP contribution in [0.1, 0.15) is 15.9 Å². The van der Waals surface area contributed by atoms with Crippen LogP contribution in [-0.2, 0) is 6.54 Å². The summed E-state index contributed by atoms with van der Waals surface area (Å²) in [7, 11) is 0. The Kier molecular flexibility index (Phi) is 5.63. The zero-order valence-corrected chi connectivity index (χ0v) is 15.8. The van der Waals surface area contributed by atoms with E-state index in [0.717, 1.165) is 5.56 Å². The van der Waals surface area contributed by atoms with E-state index in [1.54, 1.807) is 23.2 Å². The fourth-order valence-corrected chi connectivity index (χ4v) is 3.03. The molecule has 0 aliphatic carbocycles. The summed E-state index contributed by atoms with van der Waals surface area (Å²) in [5.41, 5.74) is 1.51. The first-order valence-corrected chi connectivity index (χ1v) is 9.40. The van der Waals surface area contributed by atoms with Crippen molar-refractivity contribution in [2.45, 2.75) is 6.54 Å². The SMILES string of the molecule is O=C(c1ccccc1Oc1ccccc1)N(Cc1ccccc1)c1ccccn1. The highest BCUT2D eigenvalue weighted by Gasteiger charge is 2.22. The molecule has 29 heavy (non-hydrogen) atoms. The number of aromatic nitrogens is 1. The minimum Gasteiger partial charge on any atom is -0.457 e. The van der Waals surface area contributed by atoms with Gasteiger partial charge in [-0.1, -0.05) is 66.7 Å². The number of hydrogen-bond donors (Lipinski definition) is 0. The molecule has 1 heterocycles. The third-order valence-corrected chi connectivity index (χ3v) is 4.44. The second kappa shape index (κ2) is 8.85. The number of rotatable bonds is 6. The Labute approximate surface area is 170 Å². The van der Waals surface area contributed by atoms with Crippen molar-refractivity contribution in [1.29, 1.82) is 0 Å². The van der Waals surface area contributed by atoms with E-state index >= 15 is 0 Å². The van der Waals surface area contributed by atoms with E-state index in [1.807, 2.05) is 91.0 Å². The van der Waals surface area contributed by atoms with Gasteiger partial charge in [-0.25, -0.2) is 4.98 Å². The number of amides is 1. The van der Waals surface area contributed by atoms with Crippen molar-refractivity contribution in [3.05, 3.63) is 120 Å². The van der Waals surface area contributed by atoms with Gasteiger partial charge in [0.05, 0.1) is 12.1 Å². The number of para-hydroxylation sites is 2. The van der Waals surface area contributed by atoms with E-state index in [9.17, 15) is 4.79 Å². The molecule has 0 aliphatic heterocycles. The smallest absolute Gasteiger partial charge is 0.263 e. The van der Waals surface area contributed by atoms with Crippen LogP contribution < -0.4 is 9.64 Å². The Bertz CT molecular complexity index is 1070. The van der Waals surface area contributed by atoms with Crippen molar-refractivity contribution in [3.8, 4) is 11.5 Å². The molecule has 0 saturated heterocycles. The Balaban J connectivity index is 1.69. The fourth-order valence-electron chi connectivity index (χ4n) is 3.03. The van der Waals surface area contributed by atoms with Crippen molar-refractivity contribution < 1.29 is 9.53 Å². The third kappa shape index (κ3) is 4.50. The summed E-state index contributed by atoms with van der Waals surface area (Å²) >= 11 is 0. The number of pyridine rings is 1. The standard InChI is InChI=1S/C25H20N2O2/c28-25(22-15-7-8-16-23(22)29-21-13-5-2-6-14-21)27(24-17-9-10-18-26-24)19-20-11-3-1-4-12-20/h1-18H,19H2. The molecule has 0 atom stereocenters. The highest BCUT2D eigenvalue weighted by Crippen LogP contribution is 2.28. The van der Waals surface area contributed by atoms with E-state index in [2.05, 4.69) is 4.98 Å². The maximum atomic E-state index is 13.6. The summed E-state index contributed by atoms with van der Waals surface area (Å²) in [5, 5.41) is 0. The van der Waals surface area contributed by atoms with Crippen molar-refractivity contribution in [2.24, 2.45) is 0 Å². The van der Waals surface area contributed by atoms with Crippen LogP contribution in [-0.4, -0.2) is 10.9 Å². The summed E-state index contributed by atoms with van der Waals surface area (Å²) < 4.78 is 6.00. The highest BCUT2D eigenvalue weighted by molar-refractivity contribution is 6.07. The molecule has 4 aromatic rings. The topological polar surface area (TPSA) is 42.4 Å². The van der Waals surface area contributed by atoms with Crippen LogP contribution in [0.4, 0.5) is 5.82 Å². The van der Waals surface area contributed by atoms with Crippen LogP contribution >= 0.6 is 0 Å². The lowest BCUT2D eigenvalue weighted by molar-refractivity contribution is 0.0982. The van der Waals surface area contributed by atoms with E-state index in [0.29, 0.717) is 29.4 Å². The number of carbonyl (C=O) groups is 1. The lowest BCUT2D eigenvalue weighted by atomic mass is 10.1. The largest absolute Gasteiger partial charge is 0.457 e. The maximum absolute atomic E-state index is 13.6. The number of hydrogen-bond acceptors (Lipinski definition) is 3. The van der Waals surface area contributed by atoms with Crippen LogP contribution in [0.3, 0.4) is 0 Å². The molecule has 4 nitrogen and oxygen atoms in total. The quantitative estimate of drug-likeness (QED) is 0.429. The first-order chi connectivity index (χ1) is 14.3. The van der Waals surface area contributed by atoms with Crippen LogP contribution in [0.25, 0.3) is 0 Å². The summed E-state index contributed by atoms with van der Waals surface area (Å²) in [6, 6.07) is 32.1. The van der Waals surface area contributed by atoms with Crippen LogP contribution in [0, 0.1) is 0 Å². The van der Waals surface area contributed by atoms with E-state index < -0.39 is 0 Å². The Hall–Kier alpha value is -3.92. The molecule has 3 aromatic carbocycles. The molecule has 0 bridgehead atoms. The summed E-state index contributed by atoms with van der Waals surface area (Å²) in [4.78, 5) is 19.6. The number of anilines is 1. The molecule has 0 unspecified atom stereocenters. The first kappa shape index (κ1) is 18.4. The lowest BCUT2D eigenvalue weighted by Crippen LogP contribution is -2.31. The van der Waals surface area contributed by atoms with Gasteiger partial charge in [-0.15, -0.1) is 0 Å². The van der Waals surface area contributed by atoms with Gasteiger partial charge >= 0.3 is 0 Å². The van der Waals surface area contributed by atoms with Gasteiger partial charge in [0.1, 0.15) is 17.3 Å². The molecule has 1 aromatic heterocycles. The van der Waals surface area contributed by atoms with Crippen molar-refractivity contribution in [3.63, 3.8) is 0 Å². The third-order valence-electron chi connectivity index (χ3n) is 4.44. The molecular weight excluding hydrogens is 360 g/mol. The average Bonchev–Trinajstić information content (AvgIpc) is 2.79. The minimum absolute atomic E-state index is 0.168. The van der Waals surface area contributed by atoms with E-state index in [4.69, 9.17) is 4.74 Å². The molecule has 4 heteroatoms. The number of nitrogens with zero attached hydrogens (tertiary/aromatic N) is 2. The van der Waals surface area contributed by atoms with Gasteiger partial charge in [0.25, 0.3) is 5.91 Å². The molecule has 4 rings (SSSR count). The zero-order valence-electron chi connectivity index (χ0n) is 15.8. The Morgan fingerprint density at radius 3 is 2.14 bits per heavy atom. The molecule has 142 valence electrons. The van der Waals surface area contributed by atoms with Gasteiger partial charge in [-0.2, -0.15) is 0 Å². The van der Waals surface area contributed by atoms with Gasteiger partial charge < -0.3 is 4.74 Å². The number of ether oxygens (including phenoxy) is 1. The normalized spacial score (nSPS) is 10.3. The first-order valence-electron chi connectivity index (χ1n) is 9.40. The minimum atomic E-state index is -0.168. The molecule has 1 amide bonds. The molecule has 0 N–H and O–H groups in total. The van der Waals surface area contributed by atoms with Gasteiger partial charge in [-0.3, -0.25) is 9.69 Å². The van der Waals surface area contributed by atoms with Crippen molar-refractivity contribution in [2.75, 3.05) is 4.90 Å². The van der Waals surface area contributed by atoms with Gasteiger partial charge in [0.15, 0.2) is 0 Å². The predicted molar refractivity (Wildman–Crippen MR) is 114 cm³/mol. The summed E-state index contributed by atoms with van der Waals surface area (Å²) in [6.45, 7) is 0.413. The molecule has 0 spiro atoms. The van der Waals surface area contributed by atoms with Crippen LogP contribution in [0.15, 0.2) is 109 Å². The van der Waals surface area contributed by atoms with E-state index in [-0.39, 0.29) is 5.91 Å². The second-order valence-corrected chi connectivity index (χ2v) is 6.48. The molecule has 0 saturated carbocycles. The Morgan fingerprint density at radius 2 is 1.41 bits per heavy atom. The van der Waals surface area contributed by atoms with Crippen molar-refractivity contribution >= 4 is 11.7 Å². The Morgan fingerprint density at radius 1 is 0.759 bits per heavy atom. The monoisotopic (exact) mass is 380 g/mol. The number of carbonyl (C=O) groups excluding carboxylic acids is 1. The van der Waals surface area contributed by atoms with Gasteiger partial charge in [-0.05, 0) is 42.0 Å². The average molecular weight is 380 g/mol. The molecular formula is C25H20N2O2. The van der Waals surface area contributed by atoms with Crippen molar-refractivity contribution in [1.82, 2.24) is 4.98 Å². The zero-order chi connectivity index (χ0) is 19.9. The number of benzene rings is 3. The lowest BCUT2D eigenvalue weighted by Gasteiger charge is -2.23. The van der Waals surface area contributed by atoms with E-state index in [1.165, 1.54) is 0 Å². The van der Waals surface area contributed by atoms with Crippen LogP contribution in [0.5, 0.6) is 11.5 Å². The van der Waals surface area contributed by atoms with Crippen LogP contribution in [0.2, 0.25) is 0 Å². The summed E-state index contributed by atoms with van der Waals surface area (Å²) in [5.74, 6) is 1.62. The predicted octanol–water partition coefficient (Wildman–Crippen LogP) is 5.72. The summed E-state index contributed by atoms with van der Waals surface area (Å²) in [6.07, 6.45) is 1.69. The molecule has 0 fully saturated rings.